The summed E-state index contributed by atoms with van der Waals surface area (Å²) in [5.74, 6) is 1.62. The van der Waals surface area contributed by atoms with Crippen molar-refractivity contribution in [3.8, 4) is 17.1 Å². The number of hydrogen-bond acceptors (Lipinski definition) is 3. The van der Waals surface area contributed by atoms with Crippen molar-refractivity contribution in [2.45, 2.75) is 13.5 Å². The number of nitrogens with zero attached hydrogens (tertiary/aromatic N) is 1. The van der Waals surface area contributed by atoms with Crippen molar-refractivity contribution in [3.05, 3.63) is 77.9 Å². The van der Waals surface area contributed by atoms with Crippen LogP contribution in [0.4, 0.5) is 5.69 Å². The molecule has 4 aromatic rings. The zero-order chi connectivity index (χ0) is 17.2. The molecule has 0 atom stereocenters. The number of ether oxygens (including phenoxy) is 1. The Hall–Kier alpha value is -3.27. The fourth-order valence-electron chi connectivity index (χ4n) is 2.75. The molecule has 4 nitrogen and oxygen atoms in total. The normalized spacial score (nSPS) is 10.9. The van der Waals surface area contributed by atoms with Gasteiger partial charge in [-0.1, -0.05) is 42.0 Å². The Morgan fingerprint density at radius 1 is 1.00 bits per heavy atom. The molecule has 124 valence electrons. The number of aromatic nitrogens is 2. The van der Waals surface area contributed by atoms with Gasteiger partial charge in [0.25, 0.3) is 0 Å². The summed E-state index contributed by atoms with van der Waals surface area (Å²) in [4.78, 5) is 7.94. The van der Waals surface area contributed by atoms with Crippen LogP contribution in [0, 0.1) is 6.92 Å². The van der Waals surface area contributed by atoms with Crippen LogP contribution in [0.3, 0.4) is 0 Å². The van der Waals surface area contributed by atoms with E-state index in [0.29, 0.717) is 6.61 Å². The van der Waals surface area contributed by atoms with Crippen LogP contribution in [0.15, 0.2) is 66.7 Å². The second-order valence-corrected chi connectivity index (χ2v) is 6.16. The highest BCUT2D eigenvalue weighted by Gasteiger charge is 2.07. The summed E-state index contributed by atoms with van der Waals surface area (Å²) in [6.07, 6.45) is 0. The molecule has 0 bridgehead atoms. The topological polar surface area (TPSA) is 63.9 Å². The Morgan fingerprint density at radius 3 is 2.68 bits per heavy atom. The number of nitrogen functional groups attached to an aromatic ring is 1. The van der Waals surface area contributed by atoms with Gasteiger partial charge in [-0.15, -0.1) is 0 Å². The molecule has 0 spiro atoms. The van der Waals surface area contributed by atoms with E-state index >= 15 is 0 Å². The van der Waals surface area contributed by atoms with Gasteiger partial charge >= 0.3 is 0 Å². The molecule has 3 N–H and O–H groups in total. The predicted octanol–water partition coefficient (Wildman–Crippen LogP) is 4.70. The molecular formula is C21H19N3O. The third-order valence-electron chi connectivity index (χ3n) is 4.14. The fourth-order valence-corrected chi connectivity index (χ4v) is 2.75. The molecule has 4 heteroatoms. The minimum Gasteiger partial charge on any atom is -0.489 e. The van der Waals surface area contributed by atoms with Gasteiger partial charge in [0.1, 0.15) is 18.2 Å². The van der Waals surface area contributed by atoms with Crippen LogP contribution < -0.4 is 10.5 Å². The van der Waals surface area contributed by atoms with Crippen molar-refractivity contribution in [1.82, 2.24) is 9.97 Å². The molecule has 0 unspecified atom stereocenters. The average Bonchev–Trinajstić information content (AvgIpc) is 3.05. The van der Waals surface area contributed by atoms with E-state index in [0.717, 1.165) is 39.4 Å². The SMILES string of the molecule is Cc1ccc(COc2cccc(-c3nc4ccc(N)cc4[nH]3)c2)cc1. The van der Waals surface area contributed by atoms with Crippen molar-refractivity contribution < 1.29 is 4.74 Å². The second kappa shape index (κ2) is 6.32. The fraction of sp³-hybridized carbons (Fsp3) is 0.0952. The number of aryl methyl sites for hydroxylation is 1. The summed E-state index contributed by atoms with van der Waals surface area (Å²) in [6, 6.07) is 22.0. The first-order valence-electron chi connectivity index (χ1n) is 8.21. The Balaban J connectivity index is 1.56. The molecule has 0 fully saturated rings. The average molecular weight is 329 g/mol. The van der Waals surface area contributed by atoms with E-state index in [1.807, 2.05) is 42.5 Å². The monoisotopic (exact) mass is 329 g/mol. The van der Waals surface area contributed by atoms with Crippen LogP contribution in [0.5, 0.6) is 5.75 Å². The molecule has 3 aromatic carbocycles. The molecule has 25 heavy (non-hydrogen) atoms. The van der Waals surface area contributed by atoms with Crippen molar-refractivity contribution >= 4 is 16.7 Å². The molecule has 1 heterocycles. The van der Waals surface area contributed by atoms with Gasteiger partial charge < -0.3 is 15.5 Å². The minimum atomic E-state index is 0.542. The third-order valence-corrected chi connectivity index (χ3v) is 4.14. The lowest BCUT2D eigenvalue weighted by Crippen LogP contribution is -1.95. The smallest absolute Gasteiger partial charge is 0.138 e. The Bertz CT molecular complexity index is 1020. The predicted molar refractivity (Wildman–Crippen MR) is 101 cm³/mol. The first-order valence-corrected chi connectivity index (χ1v) is 8.21. The molecular weight excluding hydrogens is 310 g/mol. The molecule has 0 aliphatic carbocycles. The Morgan fingerprint density at radius 2 is 1.84 bits per heavy atom. The van der Waals surface area contributed by atoms with E-state index in [4.69, 9.17) is 10.5 Å². The first-order chi connectivity index (χ1) is 12.2. The summed E-state index contributed by atoms with van der Waals surface area (Å²) < 4.78 is 5.93. The van der Waals surface area contributed by atoms with E-state index in [-0.39, 0.29) is 0 Å². The molecule has 0 saturated heterocycles. The largest absolute Gasteiger partial charge is 0.489 e. The minimum absolute atomic E-state index is 0.542. The maximum absolute atomic E-state index is 5.93. The lowest BCUT2D eigenvalue weighted by Gasteiger charge is -2.07. The van der Waals surface area contributed by atoms with Crippen molar-refractivity contribution in [2.75, 3.05) is 5.73 Å². The summed E-state index contributed by atoms with van der Waals surface area (Å²) in [6.45, 7) is 2.62. The van der Waals surface area contributed by atoms with Gasteiger partial charge in [-0.3, -0.25) is 0 Å². The molecule has 4 rings (SSSR count). The zero-order valence-corrected chi connectivity index (χ0v) is 14.0. The number of imidazole rings is 1. The van der Waals surface area contributed by atoms with E-state index < -0.39 is 0 Å². The van der Waals surface area contributed by atoms with Crippen LogP contribution in [0.25, 0.3) is 22.4 Å². The van der Waals surface area contributed by atoms with Gasteiger partial charge in [0, 0.05) is 11.3 Å². The number of fused-ring (bicyclic) bond motifs is 1. The standard InChI is InChI=1S/C21H19N3O/c1-14-5-7-15(8-6-14)13-25-18-4-2-3-16(11-18)21-23-19-10-9-17(22)12-20(19)24-21/h2-12H,13,22H2,1H3,(H,23,24). The number of nitrogens with two attached hydrogens (primary N) is 1. The lowest BCUT2D eigenvalue weighted by atomic mass is 10.1. The number of benzene rings is 3. The zero-order valence-electron chi connectivity index (χ0n) is 14.0. The highest BCUT2D eigenvalue weighted by Crippen LogP contribution is 2.25. The number of anilines is 1. The van der Waals surface area contributed by atoms with Crippen LogP contribution >= 0.6 is 0 Å². The third kappa shape index (κ3) is 3.33. The van der Waals surface area contributed by atoms with E-state index in [1.165, 1.54) is 5.56 Å². The number of hydrogen-bond donors (Lipinski definition) is 2. The highest BCUT2D eigenvalue weighted by atomic mass is 16.5. The Labute approximate surface area is 146 Å². The number of rotatable bonds is 4. The van der Waals surface area contributed by atoms with Crippen molar-refractivity contribution in [2.24, 2.45) is 0 Å². The molecule has 0 saturated carbocycles. The van der Waals surface area contributed by atoms with Crippen LogP contribution in [-0.2, 0) is 6.61 Å². The molecule has 0 aliphatic rings. The summed E-state index contributed by atoms with van der Waals surface area (Å²) >= 11 is 0. The number of H-pyrrole nitrogens is 1. The van der Waals surface area contributed by atoms with Gasteiger partial charge in [-0.05, 0) is 42.8 Å². The van der Waals surface area contributed by atoms with Gasteiger partial charge in [-0.25, -0.2) is 4.98 Å². The first kappa shape index (κ1) is 15.3. The second-order valence-electron chi connectivity index (χ2n) is 6.16. The summed E-state index contributed by atoms with van der Waals surface area (Å²) in [5.41, 5.74) is 11.8. The summed E-state index contributed by atoms with van der Waals surface area (Å²) in [7, 11) is 0. The van der Waals surface area contributed by atoms with E-state index in [9.17, 15) is 0 Å². The Kier molecular flexibility index (Phi) is 3.86. The van der Waals surface area contributed by atoms with Gasteiger partial charge in [0.05, 0.1) is 11.0 Å². The number of aromatic amines is 1. The van der Waals surface area contributed by atoms with E-state index in [2.05, 4.69) is 41.2 Å². The van der Waals surface area contributed by atoms with Crippen LogP contribution in [0.1, 0.15) is 11.1 Å². The quantitative estimate of drug-likeness (QED) is 0.533. The van der Waals surface area contributed by atoms with Gasteiger partial charge in [0.15, 0.2) is 0 Å². The highest BCUT2D eigenvalue weighted by molar-refractivity contribution is 5.82. The van der Waals surface area contributed by atoms with Gasteiger partial charge in [-0.2, -0.15) is 0 Å². The van der Waals surface area contributed by atoms with Crippen LogP contribution in [-0.4, -0.2) is 9.97 Å². The maximum atomic E-state index is 5.93. The van der Waals surface area contributed by atoms with E-state index in [1.54, 1.807) is 0 Å². The lowest BCUT2D eigenvalue weighted by molar-refractivity contribution is 0.306. The molecule has 1 aromatic heterocycles. The molecule has 0 aliphatic heterocycles. The maximum Gasteiger partial charge on any atom is 0.138 e. The van der Waals surface area contributed by atoms with Crippen LogP contribution in [0.2, 0.25) is 0 Å². The molecule has 0 radical (unpaired) electrons. The van der Waals surface area contributed by atoms with Crippen molar-refractivity contribution in [3.63, 3.8) is 0 Å². The molecule has 0 amide bonds. The number of nitrogens with one attached hydrogen (secondary N) is 1. The van der Waals surface area contributed by atoms with Gasteiger partial charge in [0.2, 0.25) is 0 Å². The van der Waals surface area contributed by atoms with Crippen molar-refractivity contribution in [1.29, 1.82) is 0 Å². The summed E-state index contributed by atoms with van der Waals surface area (Å²) in [5, 5.41) is 0.